The fourth-order valence-electron chi connectivity index (χ4n) is 4.62. The molecule has 0 heterocycles. The number of amides is 1. The van der Waals surface area contributed by atoms with Crippen molar-refractivity contribution >= 4 is 18.3 Å². The summed E-state index contributed by atoms with van der Waals surface area (Å²) < 4.78 is 10.9. The van der Waals surface area contributed by atoms with Gasteiger partial charge in [0.25, 0.3) is 0 Å². The van der Waals surface area contributed by atoms with Gasteiger partial charge in [-0.25, -0.2) is 0 Å². The van der Waals surface area contributed by atoms with Crippen LogP contribution in [-0.4, -0.2) is 32.2 Å². The Morgan fingerprint density at radius 1 is 1.00 bits per heavy atom. The van der Waals surface area contributed by atoms with Crippen LogP contribution in [0.1, 0.15) is 63.4 Å². The Balaban J connectivity index is 0.00000261. The van der Waals surface area contributed by atoms with E-state index in [9.17, 15) is 4.79 Å². The van der Waals surface area contributed by atoms with Crippen molar-refractivity contribution in [1.29, 1.82) is 0 Å². The topological polar surface area (TPSA) is 73.6 Å². The number of carbonyl (C=O) groups excluding carboxylic acids is 1. The van der Waals surface area contributed by atoms with Gasteiger partial charge in [-0.3, -0.25) is 4.79 Å². The number of hydrogen-bond donors (Lipinski definition) is 2. The molecule has 152 valence electrons. The Labute approximate surface area is 168 Å². The van der Waals surface area contributed by atoms with E-state index < -0.39 is 5.54 Å². The van der Waals surface area contributed by atoms with E-state index in [0.717, 1.165) is 50.0 Å². The van der Waals surface area contributed by atoms with Gasteiger partial charge in [0.05, 0.1) is 19.8 Å². The molecule has 0 bridgehead atoms. The summed E-state index contributed by atoms with van der Waals surface area (Å²) in [5.41, 5.74) is 6.82. The normalized spacial score (nSPS) is 20.4. The zero-order chi connectivity index (χ0) is 18.6. The summed E-state index contributed by atoms with van der Waals surface area (Å²) in [5, 5.41) is 3.20. The van der Waals surface area contributed by atoms with Crippen molar-refractivity contribution < 1.29 is 14.3 Å². The zero-order valence-corrected chi connectivity index (χ0v) is 17.3. The highest BCUT2D eigenvalue weighted by Crippen LogP contribution is 2.42. The minimum Gasteiger partial charge on any atom is -0.493 e. The molecular weight excluding hydrogens is 364 g/mol. The van der Waals surface area contributed by atoms with Crippen molar-refractivity contribution in [2.45, 2.75) is 68.7 Å². The number of ether oxygens (including phenoxy) is 2. The average molecular weight is 397 g/mol. The molecule has 0 aromatic heterocycles. The Morgan fingerprint density at radius 2 is 1.59 bits per heavy atom. The number of methoxy groups -OCH3 is 2. The van der Waals surface area contributed by atoms with Gasteiger partial charge in [0.1, 0.15) is 0 Å². The second-order valence-electron chi connectivity index (χ2n) is 7.96. The van der Waals surface area contributed by atoms with Crippen molar-refractivity contribution in [3.63, 3.8) is 0 Å². The summed E-state index contributed by atoms with van der Waals surface area (Å²) in [6.07, 6.45) is 9.43. The number of halogens is 1. The van der Waals surface area contributed by atoms with E-state index in [1.807, 2.05) is 6.07 Å². The molecule has 2 aliphatic carbocycles. The van der Waals surface area contributed by atoms with Gasteiger partial charge in [0, 0.05) is 12.0 Å². The number of hydrogen-bond acceptors (Lipinski definition) is 4. The first-order valence-corrected chi connectivity index (χ1v) is 9.83. The molecule has 0 radical (unpaired) electrons. The smallest absolute Gasteiger partial charge is 0.240 e. The number of nitrogens with one attached hydrogen (secondary N) is 1. The molecule has 27 heavy (non-hydrogen) atoms. The molecule has 0 saturated heterocycles. The summed E-state index contributed by atoms with van der Waals surface area (Å²) in [6.45, 7) is 0.639. The molecule has 0 unspecified atom stereocenters. The van der Waals surface area contributed by atoms with Crippen molar-refractivity contribution in [2.75, 3.05) is 20.8 Å². The lowest BCUT2D eigenvalue weighted by Gasteiger charge is -2.39. The quantitative estimate of drug-likeness (QED) is 0.768. The molecule has 0 aliphatic heterocycles. The number of nitrogens with two attached hydrogens (primary N) is 1. The summed E-state index contributed by atoms with van der Waals surface area (Å²) in [4.78, 5) is 12.7. The summed E-state index contributed by atoms with van der Waals surface area (Å²) in [7, 11) is 3.31. The van der Waals surface area contributed by atoms with E-state index in [2.05, 4.69) is 17.4 Å². The summed E-state index contributed by atoms with van der Waals surface area (Å²) in [5.74, 6) is 1.49. The van der Waals surface area contributed by atoms with Gasteiger partial charge in [0.15, 0.2) is 11.5 Å². The number of rotatable bonds is 6. The van der Waals surface area contributed by atoms with Crippen LogP contribution < -0.4 is 20.5 Å². The van der Waals surface area contributed by atoms with Crippen LogP contribution in [0.4, 0.5) is 0 Å². The lowest BCUT2D eigenvalue weighted by atomic mass is 9.69. The van der Waals surface area contributed by atoms with Gasteiger partial charge in [-0.1, -0.05) is 38.2 Å². The molecule has 2 saturated carbocycles. The maximum atomic E-state index is 12.7. The standard InChI is InChI=1S/C21H32N2O3.ClH/c1-25-17-9-8-16(14-18(17)26-2)20(10-4-3-5-11-20)15-23-19(24)21(22)12-6-7-13-21;/h8-9,14H,3-7,10-13,15,22H2,1-2H3,(H,23,24);1H. The highest BCUT2D eigenvalue weighted by molar-refractivity contribution is 5.86. The Morgan fingerprint density at radius 3 is 2.19 bits per heavy atom. The second-order valence-corrected chi connectivity index (χ2v) is 7.96. The predicted octanol–water partition coefficient (Wildman–Crippen LogP) is 3.72. The lowest BCUT2D eigenvalue weighted by Crippen LogP contribution is -2.54. The fraction of sp³-hybridized carbons (Fsp3) is 0.667. The third kappa shape index (κ3) is 4.52. The van der Waals surface area contributed by atoms with E-state index in [4.69, 9.17) is 15.2 Å². The zero-order valence-electron chi connectivity index (χ0n) is 16.5. The molecule has 6 heteroatoms. The van der Waals surface area contributed by atoms with Crippen LogP contribution >= 0.6 is 12.4 Å². The van der Waals surface area contributed by atoms with Crippen molar-refractivity contribution in [3.8, 4) is 11.5 Å². The molecule has 2 fully saturated rings. The molecule has 1 aromatic rings. The second kappa shape index (κ2) is 9.16. The molecule has 3 rings (SSSR count). The maximum absolute atomic E-state index is 12.7. The van der Waals surface area contributed by atoms with E-state index in [1.165, 1.54) is 24.8 Å². The third-order valence-electron chi connectivity index (χ3n) is 6.34. The van der Waals surface area contributed by atoms with Gasteiger partial charge in [0.2, 0.25) is 5.91 Å². The maximum Gasteiger partial charge on any atom is 0.240 e. The minimum atomic E-state index is -0.673. The Kier molecular flexibility index (Phi) is 7.40. The fourth-order valence-corrected chi connectivity index (χ4v) is 4.62. The van der Waals surface area contributed by atoms with Crippen molar-refractivity contribution in [1.82, 2.24) is 5.32 Å². The molecule has 2 aliphatic rings. The molecule has 0 atom stereocenters. The van der Waals surface area contributed by atoms with E-state index in [0.29, 0.717) is 6.54 Å². The van der Waals surface area contributed by atoms with Crippen LogP contribution in [0, 0.1) is 0 Å². The molecule has 0 spiro atoms. The van der Waals surface area contributed by atoms with E-state index in [1.54, 1.807) is 14.2 Å². The van der Waals surface area contributed by atoms with E-state index in [-0.39, 0.29) is 23.7 Å². The molecular formula is C21H33ClN2O3. The Hall–Kier alpha value is -1.46. The van der Waals surface area contributed by atoms with Crippen LogP contribution in [0.3, 0.4) is 0 Å². The number of carbonyl (C=O) groups is 1. The molecule has 3 N–H and O–H groups in total. The van der Waals surface area contributed by atoms with Crippen LogP contribution in [0.25, 0.3) is 0 Å². The van der Waals surface area contributed by atoms with E-state index >= 15 is 0 Å². The highest BCUT2D eigenvalue weighted by atomic mass is 35.5. The first kappa shape index (κ1) is 21.8. The molecule has 1 aromatic carbocycles. The summed E-state index contributed by atoms with van der Waals surface area (Å²) in [6, 6.07) is 6.16. The SMILES string of the molecule is COc1ccc(C2(CNC(=O)C3(N)CCCC3)CCCCC2)cc1OC.Cl. The summed E-state index contributed by atoms with van der Waals surface area (Å²) >= 11 is 0. The molecule has 5 nitrogen and oxygen atoms in total. The monoisotopic (exact) mass is 396 g/mol. The largest absolute Gasteiger partial charge is 0.493 e. The van der Waals surface area contributed by atoms with Crippen molar-refractivity contribution in [3.05, 3.63) is 23.8 Å². The Bertz CT molecular complexity index is 638. The first-order valence-electron chi connectivity index (χ1n) is 9.83. The molecule has 1 amide bonds. The van der Waals surface area contributed by atoms with Crippen LogP contribution in [0.5, 0.6) is 11.5 Å². The average Bonchev–Trinajstić information content (AvgIpc) is 3.14. The van der Waals surface area contributed by atoms with Crippen LogP contribution in [0.2, 0.25) is 0 Å². The van der Waals surface area contributed by atoms with Crippen LogP contribution in [0.15, 0.2) is 18.2 Å². The number of benzene rings is 1. The van der Waals surface area contributed by atoms with Crippen molar-refractivity contribution in [2.24, 2.45) is 5.73 Å². The predicted molar refractivity (Wildman–Crippen MR) is 110 cm³/mol. The highest BCUT2D eigenvalue weighted by Gasteiger charge is 2.40. The first-order chi connectivity index (χ1) is 12.5. The van der Waals surface area contributed by atoms with Crippen LogP contribution in [-0.2, 0) is 10.2 Å². The van der Waals surface area contributed by atoms with Gasteiger partial charge in [-0.2, -0.15) is 0 Å². The third-order valence-corrected chi connectivity index (χ3v) is 6.34. The van der Waals surface area contributed by atoms with Gasteiger partial charge < -0.3 is 20.5 Å². The lowest BCUT2D eigenvalue weighted by molar-refractivity contribution is -0.126. The van der Waals surface area contributed by atoms with Gasteiger partial charge >= 0.3 is 0 Å². The van der Waals surface area contributed by atoms with Gasteiger partial charge in [-0.15, -0.1) is 12.4 Å². The van der Waals surface area contributed by atoms with Gasteiger partial charge in [-0.05, 0) is 43.4 Å². The minimum absolute atomic E-state index is 0.